The van der Waals surface area contributed by atoms with Gasteiger partial charge in [0, 0.05) is 86.4 Å². The molecule has 0 unspecified atom stereocenters. The number of anilines is 1. The molecule has 260 valence electrons. The van der Waals surface area contributed by atoms with E-state index in [0.717, 1.165) is 83.6 Å². The maximum absolute atomic E-state index is 13.0. The van der Waals surface area contributed by atoms with Gasteiger partial charge in [-0.15, -0.1) is 0 Å². The Bertz CT molecular complexity index is 1790. The Labute approximate surface area is 292 Å². The SMILES string of the molecule is CCc1nc2c(cnn2CC)c(NC2CCOCC2)c1CNC(=O)CC(=O)NCc1ccc(Cl)c(-c2cccc(CN3CC[C@H](N)C3)c2)c1. The van der Waals surface area contributed by atoms with E-state index in [1.54, 1.807) is 0 Å². The largest absolute Gasteiger partial charge is 0.381 e. The van der Waals surface area contributed by atoms with Gasteiger partial charge in [-0.05, 0) is 67.5 Å². The van der Waals surface area contributed by atoms with Gasteiger partial charge in [-0.2, -0.15) is 5.10 Å². The summed E-state index contributed by atoms with van der Waals surface area (Å²) >= 11 is 6.63. The number of nitrogens with zero attached hydrogens (tertiary/aromatic N) is 4. The molecule has 2 aliphatic heterocycles. The van der Waals surface area contributed by atoms with Crippen molar-refractivity contribution < 1.29 is 14.3 Å². The lowest BCUT2D eigenvalue weighted by molar-refractivity contribution is -0.129. The summed E-state index contributed by atoms with van der Waals surface area (Å²) in [6, 6.07) is 14.6. The summed E-state index contributed by atoms with van der Waals surface area (Å²) in [5.41, 5.74) is 13.7. The van der Waals surface area contributed by atoms with Crippen molar-refractivity contribution in [2.45, 2.75) is 84.2 Å². The molecule has 2 aromatic carbocycles. The summed E-state index contributed by atoms with van der Waals surface area (Å²) in [5, 5.41) is 15.7. The fraction of sp³-hybridized carbons (Fsp3) is 0.459. The van der Waals surface area contributed by atoms with E-state index in [-0.39, 0.29) is 43.4 Å². The van der Waals surface area contributed by atoms with E-state index in [0.29, 0.717) is 31.2 Å². The topological polar surface area (TPSA) is 139 Å². The average molecular weight is 687 g/mol. The molecule has 5 N–H and O–H groups in total. The number of carbonyl (C=O) groups excluding carboxylic acids is 2. The molecular weight excluding hydrogens is 640 g/mol. The molecule has 0 spiro atoms. The molecule has 0 aliphatic carbocycles. The van der Waals surface area contributed by atoms with E-state index in [4.69, 9.17) is 27.1 Å². The smallest absolute Gasteiger partial charge is 0.229 e. The monoisotopic (exact) mass is 686 g/mol. The first-order chi connectivity index (χ1) is 23.8. The molecule has 49 heavy (non-hydrogen) atoms. The number of halogens is 1. The van der Waals surface area contributed by atoms with E-state index < -0.39 is 0 Å². The third kappa shape index (κ3) is 8.59. The molecule has 2 saturated heterocycles. The quantitative estimate of drug-likeness (QED) is 0.148. The number of nitrogens with two attached hydrogens (primary N) is 1. The minimum Gasteiger partial charge on any atom is -0.381 e. The number of benzene rings is 2. The highest BCUT2D eigenvalue weighted by Crippen LogP contribution is 2.32. The molecule has 11 nitrogen and oxygen atoms in total. The zero-order chi connectivity index (χ0) is 34.3. The highest BCUT2D eigenvalue weighted by Gasteiger charge is 2.23. The summed E-state index contributed by atoms with van der Waals surface area (Å²) in [7, 11) is 0. The molecule has 1 atom stereocenters. The maximum atomic E-state index is 13.0. The zero-order valence-corrected chi connectivity index (χ0v) is 29.2. The second-order valence-electron chi connectivity index (χ2n) is 13.0. The van der Waals surface area contributed by atoms with Crippen LogP contribution < -0.4 is 21.7 Å². The number of hydrogen-bond donors (Lipinski definition) is 4. The van der Waals surface area contributed by atoms with Gasteiger partial charge in [0.15, 0.2) is 5.65 Å². The van der Waals surface area contributed by atoms with Gasteiger partial charge in [0.1, 0.15) is 6.42 Å². The average Bonchev–Trinajstić information content (AvgIpc) is 3.72. The van der Waals surface area contributed by atoms with Gasteiger partial charge in [0.05, 0.1) is 17.3 Å². The number of fused-ring (bicyclic) bond motifs is 1. The van der Waals surface area contributed by atoms with Crippen LogP contribution in [0, 0.1) is 0 Å². The van der Waals surface area contributed by atoms with Crippen molar-refractivity contribution in [2.24, 2.45) is 5.73 Å². The molecule has 6 rings (SSSR count). The molecule has 12 heteroatoms. The van der Waals surface area contributed by atoms with Gasteiger partial charge in [-0.3, -0.25) is 14.5 Å². The van der Waals surface area contributed by atoms with E-state index in [2.05, 4.69) is 45.0 Å². The Morgan fingerprint density at radius 1 is 1.02 bits per heavy atom. The zero-order valence-electron chi connectivity index (χ0n) is 28.4. The molecule has 4 heterocycles. The van der Waals surface area contributed by atoms with Crippen LogP contribution in [-0.2, 0) is 46.9 Å². The Hall–Kier alpha value is -4.03. The van der Waals surface area contributed by atoms with Gasteiger partial charge in [0.2, 0.25) is 11.8 Å². The maximum Gasteiger partial charge on any atom is 0.229 e. The molecule has 0 saturated carbocycles. The summed E-state index contributed by atoms with van der Waals surface area (Å²) < 4.78 is 7.46. The number of pyridine rings is 1. The number of nitrogens with one attached hydrogen (secondary N) is 3. The van der Waals surface area contributed by atoms with Crippen LogP contribution in [-0.4, -0.2) is 69.9 Å². The minimum absolute atomic E-state index is 0.242. The predicted octanol–water partition coefficient (Wildman–Crippen LogP) is 4.78. The standard InChI is InChI=1S/C37H47ClN8O3/c1-3-33-30(36(43-28-11-14-49-15-12-28)31-21-42-46(4-2)37(31)44-33)20-41-35(48)18-34(47)40-19-24-8-9-32(38)29(17-24)26-7-5-6-25(16-26)22-45-13-10-27(39)23-45/h5-9,16-17,21,27-28H,3-4,10-15,18-20,22-23,39H2,1-2H3,(H,40,47)(H,41,48)(H,43,44)/t27-/m0/s1. The highest BCUT2D eigenvalue weighted by atomic mass is 35.5. The van der Waals surface area contributed by atoms with Crippen LogP contribution in [0.5, 0.6) is 0 Å². The van der Waals surface area contributed by atoms with Crippen LogP contribution in [0.2, 0.25) is 5.02 Å². The Morgan fingerprint density at radius 3 is 2.55 bits per heavy atom. The molecule has 0 bridgehead atoms. The first-order valence-electron chi connectivity index (χ1n) is 17.4. The third-order valence-corrected chi connectivity index (χ3v) is 9.76. The normalized spacial score (nSPS) is 17.0. The third-order valence-electron chi connectivity index (χ3n) is 9.43. The van der Waals surface area contributed by atoms with Crippen molar-refractivity contribution in [3.63, 3.8) is 0 Å². The second-order valence-corrected chi connectivity index (χ2v) is 13.4. The van der Waals surface area contributed by atoms with Crippen molar-refractivity contribution in [1.82, 2.24) is 30.3 Å². The van der Waals surface area contributed by atoms with E-state index in [1.165, 1.54) is 5.56 Å². The van der Waals surface area contributed by atoms with Gasteiger partial charge < -0.3 is 26.4 Å². The molecule has 0 radical (unpaired) electrons. The lowest BCUT2D eigenvalue weighted by Gasteiger charge is -2.26. The van der Waals surface area contributed by atoms with Gasteiger partial charge in [-0.25, -0.2) is 9.67 Å². The van der Waals surface area contributed by atoms with Crippen LogP contribution in [0.1, 0.15) is 61.9 Å². The summed E-state index contributed by atoms with van der Waals surface area (Å²) in [5.74, 6) is -0.706. The van der Waals surface area contributed by atoms with Crippen LogP contribution >= 0.6 is 11.6 Å². The summed E-state index contributed by atoms with van der Waals surface area (Å²) in [4.78, 5) is 33.2. The highest BCUT2D eigenvalue weighted by molar-refractivity contribution is 6.33. The first kappa shape index (κ1) is 34.8. The Morgan fingerprint density at radius 2 is 1.82 bits per heavy atom. The number of ether oxygens (including phenoxy) is 1. The van der Waals surface area contributed by atoms with Crippen LogP contribution in [0.15, 0.2) is 48.7 Å². The van der Waals surface area contributed by atoms with E-state index >= 15 is 0 Å². The van der Waals surface area contributed by atoms with Crippen molar-refractivity contribution in [1.29, 1.82) is 0 Å². The fourth-order valence-corrected chi connectivity index (χ4v) is 6.99. The van der Waals surface area contributed by atoms with Crippen molar-refractivity contribution in [3.05, 3.63) is 76.1 Å². The summed E-state index contributed by atoms with van der Waals surface area (Å²) in [6.07, 6.45) is 5.07. The Balaban J connectivity index is 1.08. The van der Waals surface area contributed by atoms with E-state index in [1.807, 2.05) is 48.1 Å². The van der Waals surface area contributed by atoms with Crippen molar-refractivity contribution in [2.75, 3.05) is 31.6 Å². The minimum atomic E-state index is -0.353. The van der Waals surface area contributed by atoms with E-state index in [9.17, 15) is 9.59 Å². The van der Waals surface area contributed by atoms with Crippen LogP contribution in [0.25, 0.3) is 22.2 Å². The number of likely N-dealkylation sites (tertiary alicyclic amines) is 1. The number of carbonyl (C=O) groups is 2. The number of hydrogen-bond acceptors (Lipinski definition) is 8. The fourth-order valence-electron chi connectivity index (χ4n) is 6.76. The predicted molar refractivity (Wildman–Crippen MR) is 193 cm³/mol. The lowest BCUT2D eigenvalue weighted by Crippen LogP contribution is -2.32. The van der Waals surface area contributed by atoms with Gasteiger partial charge in [0.25, 0.3) is 0 Å². The number of aryl methyl sites for hydroxylation is 2. The molecule has 2 aromatic heterocycles. The van der Waals surface area contributed by atoms with Gasteiger partial charge in [-0.1, -0.05) is 42.8 Å². The molecule has 2 fully saturated rings. The first-order valence-corrected chi connectivity index (χ1v) is 17.8. The van der Waals surface area contributed by atoms with Crippen molar-refractivity contribution >= 4 is 40.1 Å². The Kier molecular flexibility index (Phi) is 11.5. The molecule has 2 aliphatic rings. The lowest BCUT2D eigenvalue weighted by atomic mass is 10.0. The van der Waals surface area contributed by atoms with Gasteiger partial charge >= 0.3 is 0 Å². The van der Waals surface area contributed by atoms with Crippen molar-refractivity contribution in [3.8, 4) is 11.1 Å². The van der Waals surface area contributed by atoms with Crippen LogP contribution in [0.3, 0.4) is 0 Å². The number of aromatic nitrogens is 3. The molecule has 2 amide bonds. The number of amides is 2. The summed E-state index contributed by atoms with van der Waals surface area (Å²) in [6.45, 7) is 9.53. The molecular formula is C37H47ClN8O3. The molecule has 4 aromatic rings. The van der Waals surface area contributed by atoms with Crippen LogP contribution in [0.4, 0.5) is 5.69 Å². The second kappa shape index (κ2) is 16.1. The number of rotatable bonds is 13.